The second-order valence-corrected chi connectivity index (χ2v) is 5.03. The maximum absolute atomic E-state index is 12.7. The molecule has 0 saturated heterocycles. The van der Waals surface area contributed by atoms with Gasteiger partial charge < -0.3 is 5.73 Å². The lowest BCUT2D eigenvalue weighted by Gasteiger charge is -2.11. The predicted octanol–water partition coefficient (Wildman–Crippen LogP) is 2.31. The largest absolute Gasteiger partial charge is 0.419 e. The molecule has 0 spiro atoms. The van der Waals surface area contributed by atoms with Crippen molar-refractivity contribution in [3.05, 3.63) is 27.2 Å². The van der Waals surface area contributed by atoms with E-state index in [0.29, 0.717) is 0 Å². The summed E-state index contributed by atoms with van der Waals surface area (Å²) in [5, 5.41) is -0.0162. The SMILES string of the molecule is CC1(Cl)C=c2c(N)c(C(F)(F)F)c(Cl)cc2=N1. The highest BCUT2D eigenvalue weighted by Gasteiger charge is 2.37. The van der Waals surface area contributed by atoms with Crippen molar-refractivity contribution in [2.75, 3.05) is 5.73 Å². The minimum atomic E-state index is -4.60. The molecule has 1 atom stereocenters. The van der Waals surface area contributed by atoms with E-state index in [1.807, 2.05) is 0 Å². The molecule has 0 aliphatic carbocycles. The van der Waals surface area contributed by atoms with E-state index in [-0.39, 0.29) is 10.6 Å². The van der Waals surface area contributed by atoms with Gasteiger partial charge in [0.2, 0.25) is 0 Å². The molecule has 0 aromatic heterocycles. The van der Waals surface area contributed by atoms with Crippen molar-refractivity contribution < 1.29 is 13.2 Å². The summed E-state index contributed by atoms with van der Waals surface area (Å²) in [7, 11) is 0. The molecule has 17 heavy (non-hydrogen) atoms. The highest BCUT2D eigenvalue weighted by molar-refractivity contribution is 6.32. The third-order valence-electron chi connectivity index (χ3n) is 2.37. The Morgan fingerprint density at radius 3 is 2.53 bits per heavy atom. The Hall–Kier alpha value is -0.940. The van der Waals surface area contributed by atoms with Crippen molar-refractivity contribution in [3.8, 4) is 0 Å². The number of nitrogen functional groups attached to an aromatic ring is 1. The zero-order valence-electron chi connectivity index (χ0n) is 8.57. The average Bonchev–Trinajstić information content (AvgIpc) is 2.37. The van der Waals surface area contributed by atoms with Crippen LogP contribution in [0.3, 0.4) is 0 Å². The van der Waals surface area contributed by atoms with Gasteiger partial charge in [-0.05, 0) is 19.1 Å². The van der Waals surface area contributed by atoms with Crippen molar-refractivity contribution in [2.45, 2.75) is 18.1 Å². The number of rotatable bonds is 0. The fourth-order valence-electron chi connectivity index (χ4n) is 1.73. The smallest absolute Gasteiger partial charge is 0.398 e. The second-order valence-electron chi connectivity index (χ2n) is 3.86. The van der Waals surface area contributed by atoms with Crippen LogP contribution in [0.5, 0.6) is 0 Å². The van der Waals surface area contributed by atoms with Crippen LogP contribution in [0.4, 0.5) is 18.9 Å². The van der Waals surface area contributed by atoms with Crippen molar-refractivity contribution in [3.63, 3.8) is 0 Å². The van der Waals surface area contributed by atoms with Gasteiger partial charge in [0.25, 0.3) is 0 Å². The van der Waals surface area contributed by atoms with E-state index in [1.54, 1.807) is 6.92 Å². The molecule has 7 heteroatoms. The molecule has 1 aromatic rings. The lowest BCUT2D eigenvalue weighted by molar-refractivity contribution is -0.136. The lowest BCUT2D eigenvalue weighted by Crippen LogP contribution is -2.29. The van der Waals surface area contributed by atoms with Gasteiger partial charge in [-0.15, -0.1) is 0 Å². The fraction of sp³-hybridized carbons (Fsp3) is 0.300. The van der Waals surface area contributed by atoms with Gasteiger partial charge >= 0.3 is 6.18 Å². The summed E-state index contributed by atoms with van der Waals surface area (Å²) in [6, 6.07) is 1.13. The number of alkyl halides is 4. The second kappa shape index (κ2) is 3.53. The maximum atomic E-state index is 12.7. The van der Waals surface area contributed by atoms with Crippen molar-refractivity contribution in [1.82, 2.24) is 0 Å². The Bertz CT molecular complexity index is 605. The first-order chi connectivity index (χ1) is 7.62. The quantitative estimate of drug-likeness (QED) is 0.443. The number of nitrogens with zero attached hydrogens (tertiary/aromatic N) is 1. The number of hydrogen-bond acceptors (Lipinski definition) is 2. The Kier molecular flexibility index (Phi) is 2.60. The molecule has 0 radical (unpaired) electrons. The normalized spacial score (nSPS) is 22.9. The molecule has 1 aromatic carbocycles. The van der Waals surface area contributed by atoms with Crippen LogP contribution in [0.2, 0.25) is 5.02 Å². The number of nitrogens with two attached hydrogens (primary N) is 1. The highest BCUT2D eigenvalue weighted by atomic mass is 35.5. The zero-order valence-corrected chi connectivity index (χ0v) is 10.1. The van der Waals surface area contributed by atoms with Gasteiger partial charge in [0.15, 0.2) is 5.00 Å². The van der Waals surface area contributed by atoms with E-state index in [2.05, 4.69) is 4.99 Å². The van der Waals surface area contributed by atoms with Crippen LogP contribution in [-0.2, 0) is 6.18 Å². The molecule has 92 valence electrons. The van der Waals surface area contributed by atoms with Crippen LogP contribution in [0, 0.1) is 0 Å². The molecule has 1 aliphatic heterocycles. The third-order valence-corrected chi connectivity index (χ3v) is 2.86. The molecular formula is C10H7Cl2F3N2. The third kappa shape index (κ3) is 2.09. The van der Waals surface area contributed by atoms with Crippen LogP contribution in [0.1, 0.15) is 12.5 Å². The van der Waals surface area contributed by atoms with Crippen molar-refractivity contribution in [1.29, 1.82) is 0 Å². The van der Waals surface area contributed by atoms with Gasteiger partial charge in [-0.2, -0.15) is 13.2 Å². The summed E-state index contributed by atoms with van der Waals surface area (Å²) in [4.78, 5) is 2.93. The number of hydrogen-bond donors (Lipinski definition) is 1. The Morgan fingerprint density at radius 1 is 1.41 bits per heavy atom. The van der Waals surface area contributed by atoms with Crippen molar-refractivity contribution in [2.24, 2.45) is 4.99 Å². The minimum absolute atomic E-state index is 0.180. The van der Waals surface area contributed by atoms with E-state index in [4.69, 9.17) is 28.9 Å². The van der Waals surface area contributed by atoms with Crippen molar-refractivity contribution >= 4 is 35.0 Å². The summed E-state index contributed by atoms with van der Waals surface area (Å²) in [5.74, 6) is 0. The van der Waals surface area contributed by atoms with Gasteiger partial charge in [-0.25, -0.2) is 0 Å². The predicted molar refractivity (Wildman–Crippen MR) is 60.4 cm³/mol. The van der Waals surface area contributed by atoms with Crippen LogP contribution < -0.4 is 16.3 Å². The minimum Gasteiger partial charge on any atom is -0.398 e. The maximum Gasteiger partial charge on any atom is 0.419 e. The number of fused-ring (bicyclic) bond motifs is 1. The molecule has 1 aliphatic rings. The van der Waals surface area contributed by atoms with Gasteiger partial charge in [-0.1, -0.05) is 23.2 Å². The fourth-order valence-corrected chi connectivity index (χ4v) is 2.25. The Labute approximate surface area is 105 Å². The summed E-state index contributed by atoms with van der Waals surface area (Å²) in [6.45, 7) is 1.55. The highest BCUT2D eigenvalue weighted by Crippen LogP contribution is 2.37. The van der Waals surface area contributed by atoms with E-state index >= 15 is 0 Å². The molecular weight excluding hydrogens is 276 g/mol. The van der Waals surface area contributed by atoms with E-state index in [1.165, 1.54) is 6.08 Å². The van der Waals surface area contributed by atoms with E-state index in [9.17, 15) is 13.2 Å². The molecule has 2 rings (SSSR count). The summed E-state index contributed by atoms with van der Waals surface area (Å²) >= 11 is 11.5. The molecule has 1 heterocycles. The van der Waals surface area contributed by atoms with E-state index in [0.717, 1.165) is 6.07 Å². The first-order valence-electron chi connectivity index (χ1n) is 4.59. The van der Waals surface area contributed by atoms with Crippen LogP contribution in [-0.4, -0.2) is 5.00 Å². The first-order valence-corrected chi connectivity index (χ1v) is 5.34. The van der Waals surface area contributed by atoms with Gasteiger partial charge in [0, 0.05) is 5.22 Å². The number of halogens is 5. The van der Waals surface area contributed by atoms with Crippen LogP contribution in [0.15, 0.2) is 11.1 Å². The zero-order chi connectivity index (χ0) is 13.0. The van der Waals surface area contributed by atoms with E-state index < -0.39 is 27.4 Å². The van der Waals surface area contributed by atoms with Crippen LogP contribution >= 0.6 is 23.2 Å². The average molecular weight is 283 g/mol. The molecule has 0 saturated carbocycles. The lowest BCUT2D eigenvalue weighted by atomic mass is 10.1. The summed E-state index contributed by atoms with van der Waals surface area (Å²) in [6.07, 6.45) is -3.22. The van der Waals surface area contributed by atoms with Crippen LogP contribution in [0.25, 0.3) is 6.08 Å². The molecule has 0 bridgehead atoms. The molecule has 0 fully saturated rings. The van der Waals surface area contributed by atoms with Gasteiger partial charge in [0.1, 0.15) is 0 Å². The summed E-state index contributed by atoms with van der Waals surface area (Å²) in [5.41, 5.74) is 4.01. The molecule has 1 unspecified atom stereocenters. The molecule has 2 nitrogen and oxygen atoms in total. The first kappa shape index (κ1) is 12.5. The van der Waals surface area contributed by atoms with Gasteiger partial charge in [0.05, 0.1) is 21.6 Å². The Morgan fingerprint density at radius 2 is 2.00 bits per heavy atom. The Balaban J connectivity index is 2.86. The van der Waals surface area contributed by atoms with Gasteiger partial charge in [-0.3, -0.25) is 4.99 Å². The summed E-state index contributed by atoms with van der Waals surface area (Å²) < 4.78 is 38.2. The molecule has 0 amide bonds. The number of anilines is 1. The monoisotopic (exact) mass is 282 g/mol. The topological polar surface area (TPSA) is 38.4 Å². The standard InChI is InChI=1S/C10H7Cl2F3N2/c1-9(12)3-4-6(17-9)2-5(11)7(8(4)16)10(13,14)15/h2-3H,16H2,1H3. The molecule has 2 N–H and O–H groups in total. The number of benzene rings is 1.